The molecule has 0 unspecified atom stereocenters. The van der Waals surface area contributed by atoms with Crippen LogP contribution in [0, 0.1) is 6.92 Å². The summed E-state index contributed by atoms with van der Waals surface area (Å²) < 4.78 is 0. The number of likely N-dealkylation sites (N-methyl/N-ethyl adjacent to an activating group) is 1. The Balaban J connectivity index is 1.58. The molecule has 0 saturated carbocycles. The molecule has 0 amide bonds. The Kier molecular flexibility index (Phi) is 4.67. The minimum atomic E-state index is 0.336. The highest BCUT2D eigenvalue weighted by Gasteiger charge is 2.14. The first-order valence-electron chi connectivity index (χ1n) is 8.04. The summed E-state index contributed by atoms with van der Waals surface area (Å²) in [6.07, 6.45) is 1.93. The molecule has 1 aliphatic rings. The number of rotatable bonds is 4. The minimum Gasteiger partial charge on any atom is -0.508 e. The summed E-state index contributed by atoms with van der Waals surface area (Å²) in [5.41, 5.74) is 3.11. The third kappa shape index (κ3) is 3.93. The molecular formula is C18H24N4O. The molecule has 1 saturated heterocycles. The lowest BCUT2D eigenvalue weighted by molar-refractivity contribution is 0.313. The number of nitrogens with zero attached hydrogens (tertiary/aromatic N) is 3. The lowest BCUT2D eigenvalue weighted by atomic mass is 10.1. The Hall–Kier alpha value is -2.27. The molecule has 1 fully saturated rings. The van der Waals surface area contributed by atoms with E-state index in [1.807, 2.05) is 31.3 Å². The van der Waals surface area contributed by atoms with Crippen LogP contribution in [0.4, 0.5) is 11.5 Å². The molecule has 0 aliphatic carbocycles. The van der Waals surface area contributed by atoms with E-state index in [2.05, 4.69) is 33.2 Å². The molecule has 0 atom stereocenters. The van der Waals surface area contributed by atoms with Crippen LogP contribution in [0.1, 0.15) is 11.1 Å². The van der Waals surface area contributed by atoms with E-state index in [0.29, 0.717) is 12.3 Å². The van der Waals surface area contributed by atoms with Crippen LogP contribution >= 0.6 is 0 Å². The Labute approximate surface area is 137 Å². The number of aromatic hydroxyl groups is 1. The number of phenolic OH excluding ortho intramolecular Hbond substituents is 1. The van der Waals surface area contributed by atoms with Crippen molar-refractivity contribution in [2.45, 2.75) is 13.5 Å². The van der Waals surface area contributed by atoms with Crippen molar-refractivity contribution in [3.63, 3.8) is 0 Å². The zero-order valence-corrected chi connectivity index (χ0v) is 13.8. The molecule has 0 bridgehead atoms. The number of nitrogens with one attached hydrogen (secondary N) is 1. The smallest absolute Gasteiger partial charge is 0.126 e. The number of pyridine rings is 1. The topological polar surface area (TPSA) is 51.6 Å². The van der Waals surface area contributed by atoms with Crippen LogP contribution in [0.25, 0.3) is 0 Å². The van der Waals surface area contributed by atoms with Crippen molar-refractivity contribution < 1.29 is 5.11 Å². The molecular weight excluding hydrogens is 288 g/mol. The van der Waals surface area contributed by atoms with Crippen LogP contribution < -0.4 is 10.2 Å². The van der Waals surface area contributed by atoms with Gasteiger partial charge in [0.05, 0.1) is 11.9 Å². The van der Waals surface area contributed by atoms with E-state index in [-0.39, 0.29) is 0 Å². The van der Waals surface area contributed by atoms with E-state index in [4.69, 9.17) is 0 Å². The van der Waals surface area contributed by atoms with E-state index >= 15 is 0 Å². The summed E-state index contributed by atoms with van der Waals surface area (Å²) in [6, 6.07) is 9.87. The second kappa shape index (κ2) is 6.87. The van der Waals surface area contributed by atoms with Crippen LogP contribution in [-0.4, -0.2) is 48.2 Å². The first-order chi connectivity index (χ1) is 11.1. The van der Waals surface area contributed by atoms with Gasteiger partial charge < -0.3 is 20.2 Å². The van der Waals surface area contributed by atoms with E-state index in [1.165, 1.54) is 5.69 Å². The molecule has 5 heteroatoms. The largest absolute Gasteiger partial charge is 0.508 e. The molecule has 1 aliphatic heterocycles. The van der Waals surface area contributed by atoms with Gasteiger partial charge in [0.2, 0.25) is 0 Å². The van der Waals surface area contributed by atoms with Crippen molar-refractivity contribution >= 4 is 11.5 Å². The second-order valence-corrected chi connectivity index (χ2v) is 6.17. The van der Waals surface area contributed by atoms with Gasteiger partial charge in [-0.1, -0.05) is 12.1 Å². The van der Waals surface area contributed by atoms with Crippen LogP contribution in [0.15, 0.2) is 36.5 Å². The van der Waals surface area contributed by atoms with Crippen molar-refractivity contribution in [3.05, 3.63) is 47.7 Å². The lowest BCUT2D eigenvalue weighted by Gasteiger charge is -2.33. The van der Waals surface area contributed by atoms with Crippen molar-refractivity contribution in [1.82, 2.24) is 9.88 Å². The average molecular weight is 312 g/mol. The first kappa shape index (κ1) is 15.6. The minimum absolute atomic E-state index is 0.336. The molecule has 0 radical (unpaired) electrons. The Morgan fingerprint density at radius 2 is 1.91 bits per heavy atom. The number of phenols is 1. The zero-order chi connectivity index (χ0) is 16.2. The maximum atomic E-state index is 9.74. The summed E-state index contributed by atoms with van der Waals surface area (Å²) >= 11 is 0. The van der Waals surface area contributed by atoms with Crippen LogP contribution in [0.2, 0.25) is 0 Å². The molecule has 1 aromatic carbocycles. The maximum Gasteiger partial charge on any atom is 0.126 e. The van der Waals surface area contributed by atoms with E-state index in [1.54, 1.807) is 6.07 Å². The molecule has 0 spiro atoms. The SMILES string of the molecule is Cc1ccc(CNc2ccc(N3CCN(C)CC3)cn2)cc1O. The van der Waals surface area contributed by atoms with Crippen LogP contribution in [0.5, 0.6) is 5.75 Å². The van der Waals surface area contributed by atoms with Gasteiger partial charge in [-0.15, -0.1) is 0 Å². The molecule has 122 valence electrons. The highest BCUT2D eigenvalue weighted by molar-refractivity contribution is 5.50. The molecule has 23 heavy (non-hydrogen) atoms. The van der Waals surface area contributed by atoms with Gasteiger partial charge in [0.25, 0.3) is 0 Å². The number of aromatic nitrogens is 1. The van der Waals surface area contributed by atoms with Gasteiger partial charge in [-0.05, 0) is 43.3 Å². The van der Waals surface area contributed by atoms with Crippen molar-refractivity contribution in [3.8, 4) is 5.75 Å². The van der Waals surface area contributed by atoms with Gasteiger partial charge in [-0.3, -0.25) is 0 Å². The first-order valence-corrected chi connectivity index (χ1v) is 8.04. The van der Waals surface area contributed by atoms with Crippen LogP contribution in [0.3, 0.4) is 0 Å². The predicted molar refractivity (Wildman–Crippen MR) is 94.1 cm³/mol. The third-order valence-electron chi connectivity index (χ3n) is 4.36. The number of benzene rings is 1. The predicted octanol–water partition coefficient (Wildman–Crippen LogP) is 2.46. The quantitative estimate of drug-likeness (QED) is 0.908. The fourth-order valence-electron chi connectivity index (χ4n) is 2.70. The normalized spacial score (nSPS) is 15.7. The lowest BCUT2D eigenvalue weighted by Crippen LogP contribution is -2.44. The standard InChI is InChI=1S/C18H24N4O/c1-14-3-4-15(11-17(14)23)12-19-18-6-5-16(13-20-18)22-9-7-21(2)8-10-22/h3-6,11,13,23H,7-10,12H2,1-2H3,(H,19,20). The second-order valence-electron chi connectivity index (χ2n) is 6.17. The number of hydrogen-bond acceptors (Lipinski definition) is 5. The van der Waals surface area contributed by atoms with E-state index in [9.17, 15) is 5.11 Å². The monoisotopic (exact) mass is 312 g/mol. The zero-order valence-electron chi connectivity index (χ0n) is 13.8. The molecule has 3 rings (SSSR count). The Morgan fingerprint density at radius 1 is 1.13 bits per heavy atom. The van der Waals surface area contributed by atoms with Gasteiger partial charge in [0.15, 0.2) is 0 Å². The Morgan fingerprint density at radius 3 is 2.57 bits per heavy atom. The summed E-state index contributed by atoms with van der Waals surface area (Å²) in [5.74, 6) is 1.19. The van der Waals surface area contributed by atoms with E-state index < -0.39 is 0 Å². The van der Waals surface area contributed by atoms with Gasteiger partial charge in [0, 0.05) is 32.7 Å². The number of aryl methyl sites for hydroxylation is 1. The van der Waals surface area contributed by atoms with Gasteiger partial charge in [-0.2, -0.15) is 0 Å². The fourth-order valence-corrected chi connectivity index (χ4v) is 2.70. The maximum absolute atomic E-state index is 9.74. The molecule has 2 N–H and O–H groups in total. The van der Waals surface area contributed by atoms with Crippen molar-refractivity contribution in [1.29, 1.82) is 0 Å². The Bertz CT molecular complexity index is 649. The highest BCUT2D eigenvalue weighted by Crippen LogP contribution is 2.19. The van der Waals surface area contributed by atoms with Crippen molar-refractivity contribution in [2.24, 2.45) is 0 Å². The average Bonchev–Trinajstić information content (AvgIpc) is 2.57. The molecule has 2 aromatic rings. The summed E-state index contributed by atoms with van der Waals surface area (Å²) in [6.45, 7) is 6.83. The molecule has 1 aromatic heterocycles. The number of piperazine rings is 1. The van der Waals surface area contributed by atoms with E-state index in [0.717, 1.165) is 43.1 Å². The van der Waals surface area contributed by atoms with Crippen molar-refractivity contribution in [2.75, 3.05) is 43.4 Å². The molecule has 5 nitrogen and oxygen atoms in total. The number of anilines is 2. The van der Waals surface area contributed by atoms with Gasteiger partial charge in [0.1, 0.15) is 11.6 Å². The fraction of sp³-hybridized carbons (Fsp3) is 0.389. The third-order valence-corrected chi connectivity index (χ3v) is 4.36. The summed E-state index contributed by atoms with van der Waals surface area (Å²) in [7, 11) is 2.16. The highest BCUT2D eigenvalue weighted by atomic mass is 16.3. The van der Waals surface area contributed by atoms with Gasteiger partial charge >= 0.3 is 0 Å². The molecule has 2 heterocycles. The number of hydrogen-bond donors (Lipinski definition) is 2. The summed E-state index contributed by atoms with van der Waals surface area (Å²) in [4.78, 5) is 9.21. The van der Waals surface area contributed by atoms with Gasteiger partial charge in [-0.25, -0.2) is 4.98 Å². The van der Waals surface area contributed by atoms with Crippen LogP contribution in [-0.2, 0) is 6.54 Å². The summed E-state index contributed by atoms with van der Waals surface area (Å²) in [5, 5.41) is 13.0.